The number of carbonyl (C=O) groups is 2. The van der Waals surface area contributed by atoms with Gasteiger partial charge in [-0.1, -0.05) is 174 Å². The lowest BCUT2D eigenvalue weighted by Gasteiger charge is -2.21. The molecule has 0 aliphatic heterocycles. The molecular weight excluding hydrogens is 516 g/mol. The van der Waals surface area contributed by atoms with E-state index >= 15 is 0 Å². The van der Waals surface area contributed by atoms with Crippen molar-refractivity contribution in [2.75, 3.05) is 13.1 Å². The number of amides is 2. The van der Waals surface area contributed by atoms with Crippen LogP contribution < -0.4 is 5.73 Å². The van der Waals surface area contributed by atoms with E-state index in [0.717, 1.165) is 31.6 Å². The maximum absolute atomic E-state index is 12.3. The van der Waals surface area contributed by atoms with Crippen LogP contribution in [0.15, 0.2) is 12.2 Å². The van der Waals surface area contributed by atoms with Gasteiger partial charge in [-0.05, 0) is 44.4 Å². The van der Waals surface area contributed by atoms with Gasteiger partial charge in [0.05, 0.1) is 0 Å². The second kappa shape index (κ2) is 32.6. The lowest BCUT2D eigenvalue weighted by atomic mass is 10.0. The summed E-state index contributed by atoms with van der Waals surface area (Å²) >= 11 is 0. The fourth-order valence-electron chi connectivity index (χ4n) is 5.82. The smallest absolute Gasteiger partial charge is 0.311 e. The highest BCUT2D eigenvalue weighted by molar-refractivity contribution is 6.34. The lowest BCUT2D eigenvalue weighted by Crippen LogP contribution is -2.41. The van der Waals surface area contributed by atoms with Gasteiger partial charge in [0.1, 0.15) is 0 Å². The molecule has 0 aromatic carbocycles. The molecule has 0 fully saturated rings. The van der Waals surface area contributed by atoms with Crippen LogP contribution in [0.3, 0.4) is 0 Å². The Labute approximate surface area is 263 Å². The molecule has 0 saturated heterocycles. The van der Waals surface area contributed by atoms with Crippen LogP contribution in [-0.2, 0) is 9.59 Å². The number of unbranched alkanes of at least 4 members (excludes halogenated alkanes) is 24. The molecule has 42 heavy (non-hydrogen) atoms. The van der Waals surface area contributed by atoms with Gasteiger partial charge in [0.2, 0.25) is 0 Å². The molecule has 0 aliphatic rings. The summed E-state index contributed by atoms with van der Waals surface area (Å²) < 4.78 is 0. The zero-order valence-electron chi connectivity index (χ0n) is 28.8. The Bertz CT molecular complexity index is 616. The van der Waals surface area contributed by atoms with E-state index < -0.39 is 11.8 Å². The van der Waals surface area contributed by atoms with Gasteiger partial charge in [0.25, 0.3) is 0 Å². The summed E-state index contributed by atoms with van der Waals surface area (Å²) in [5.41, 5.74) is 5.32. The Hall–Kier alpha value is -1.32. The van der Waals surface area contributed by atoms with Gasteiger partial charge in [-0.2, -0.15) is 0 Å². The molecule has 0 aliphatic carbocycles. The average Bonchev–Trinajstić information content (AvgIpc) is 2.97. The van der Waals surface area contributed by atoms with Gasteiger partial charge >= 0.3 is 11.8 Å². The van der Waals surface area contributed by atoms with E-state index in [9.17, 15) is 9.59 Å². The Morgan fingerprint density at radius 2 is 0.857 bits per heavy atom. The molecule has 4 nitrogen and oxygen atoms in total. The first kappa shape index (κ1) is 40.7. The van der Waals surface area contributed by atoms with E-state index in [0.29, 0.717) is 13.1 Å². The van der Waals surface area contributed by atoms with Crippen molar-refractivity contribution in [2.24, 2.45) is 11.7 Å². The number of nitrogens with zero attached hydrogens (tertiary/aromatic N) is 1. The second-order valence-electron chi connectivity index (χ2n) is 13.4. The summed E-state index contributed by atoms with van der Waals surface area (Å²) in [5.74, 6) is -0.452. The predicted octanol–water partition coefficient (Wildman–Crippen LogP) is 11.5. The first-order valence-electron chi connectivity index (χ1n) is 18.7. The molecular formula is C38H74N2O2. The van der Waals surface area contributed by atoms with Crippen molar-refractivity contribution in [2.45, 2.75) is 201 Å². The Balaban J connectivity index is 3.65. The lowest BCUT2D eigenvalue weighted by molar-refractivity contribution is -0.144. The minimum Gasteiger partial charge on any atom is -0.361 e. The molecule has 0 rings (SSSR count). The fourth-order valence-corrected chi connectivity index (χ4v) is 5.82. The van der Waals surface area contributed by atoms with Crippen LogP contribution >= 0.6 is 0 Å². The third-order valence-corrected chi connectivity index (χ3v) is 8.65. The highest BCUT2D eigenvalue weighted by atomic mass is 16.2. The first-order valence-corrected chi connectivity index (χ1v) is 18.7. The molecule has 248 valence electrons. The van der Waals surface area contributed by atoms with E-state index in [1.54, 1.807) is 4.90 Å². The summed E-state index contributed by atoms with van der Waals surface area (Å²) in [4.78, 5) is 25.5. The van der Waals surface area contributed by atoms with E-state index in [4.69, 9.17) is 5.73 Å². The van der Waals surface area contributed by atoms with Gasteiger partial charge < -0.3 is 10.6 Å². The molecule has 0 atom stereocenters. The normalized spacial score (nSPS) is 11.6. The molecule has 0 radical (unpaired) electrons. The number of allylic oxidation sites excluding steroid dienone is 2. The van der Waals surface area contributed by atoms with Crippen molar-refractivity contribution in [1.82, 2.24) is 4.90 Å². The molecule has 2 N–H and O–H groups in total. The van der Waals surface area contributed by atoms with Crippen molar-refractivity contribution < 1.29 is 9.59 Å². The largest absolute Gasteiger partial charge is 0.361 e. The SMILES string of the molecule is CCCCCCCC/C=C\CCCCCCCCN(CCCCCCCCCCCCCCCC(C)C)C(=O)C(N)=O. The van der Waals surface area contributed by atoms with Gasteiger partial charge in [0, 0.05) is 13.1 Å². The summed E-state index contributed by atoms with van der Waals surface area (Å²) in [6, 6.07) is 0. The summed E-state index contributed by atoms with van der Waals surface area (Å²) in [7, 11) is 0. The minimum atomic E-state index is -0.810. The van der Waals surface area contributed by atoms with E-state index in [1.165, 1.54) is 154 Å². The number of hydrogen-bond acceptors (Lipinski definition) is 2. The zero-order valence-corrected chi connectivity index (χ0v) is 28.8. The van der Waals surface area contributed by atoms with Crippen LogP contribution in [0, 0.1) is 5.92 Å². The molecule has 0 saturated carbocycles. The molecule has 0 unspecified atom stereocenters. The summed E-state index contributed by atoms with van der Waals surface area (Å²) in [5, 5.41) is 0. The van der Waals surface area contributed by atoms with E-state index in [1.807, 2.05) is 0 Å². The van der Waals surface area contributed by atoms with Crippen molar-refractivity contribution in [3.63, 3.8) is 0 Å². The predicted molar refractivity (Wildman–Crippen MR) is 185 cm³/mol. The highest BCUT2D eigenvalue weighted by Crippen LogP contribution is 2.15. The Morgan fingerprint density at radius 1 is 0.524 bits per heavy atom. The number of hydrogen-bond donors (Lipinski definition) is 1. The fraction of sp³-hybridized carbons (Fsp3) is 0.895. The first-order chi connectivity index (χ1) is 20.5. The monoisotopic (exact) mass is 591 g/mol. The quantitative estimate of drug-likeness (QED) is 0.0481. The van der Waals surface area contributed by atoms with Crippen molar-refractivity contribution in [1.29, 1.82) is 0 Å². The zero-order chi connectivity index (χ0) is 30.9. The van der Waals surface area contributed by atoms with Gasteiger partial charge in [0.15, 0.2) is 0 Å². The molecule has 2 amide bonds. The summed E-state index contributed by atoms with van der Waals surface area (Å²) in [6.07, 6.45) is 41.1. The van der Waals surface area contributed by atoms with Crippen LogP contribution in [-0.4, -0.2) is 29.8 Å². The molecule has 4 heteroatoms. The topological polar surface area (TPSA) is 63.4 Å². The molecule has 0 aromatic heterocycles. The van der Waals surface area contributed by atoms with Crippen LogP contribution in [0.4, 0.5) is 0 Å². The third kappa shape index (κ3) is 30.1. The summed E-state index contributed by atoms with van der Waals surface area (Å²) in [6.45, 7) is 8.25. The Kier molecular flexibility index (Phi) is 31.6. The Morgan fingerprint density at radius 3 is 1.21 bits per heavy atom. The van der Waals surface area contributed by atoms with Crippen LogP contribution in [0.5, 0.6) is 0 Å². The number of carbonyl (C=O) groups excluding carboxylic acids is 2. The van der Waals surface area contributed by atoms with Crippen molar-refractivity contribution >= 4 is 11.8 Å². The van der Waals surface area contributed by atoms with Crippen LogP contribution in [0.2, 0.25) is 0 Å². The molecule has 0 aromatic rings. The third-order valence-electron chi connectivity index (χ3n) is 8.65. The van der Waals surface area contributed by atoms with Crippen LogP contribution in [0.25, 0.3) is 0 Å². The van der Waals surface area contributed by atoms with Gasteiger partial charge in [-0.15, -0.1) is 0 Å². The van der Waals surface area contributed by atoms with Crippen LogP contribution in [0.1, 0.15) is 201 Å². The van der Waals surface area contributed by atoms with Gasteiger partial charge in [-0.25, -0.2) is 0 Å². The molecule has 0 bridgehead atoms. The second-order valence-corrected chi connectivity index (χ2v) is 13.4. The van der Waals surface area contributed by atoms with Gasteiger partial charge in [-0.3, -0.25) is 9.59 Å². The van der Waals surface area contributed by atoms with E-state index in [-0.39, 0.29) is 0 Å². The molecule has 0 spiro atoms. The maximum atomic E-state index is 12.3. The minimum absolute atomic E-state index is 0.498. The number of nitrogens with two attached hydrogens (primary N) is 1. The average molecular weight is 591 g/mol. The number of rotatable bonds is 32. The molecule has 0 heterocycles. The van der Waals surface area contributed by atoms with Crippen molar-refractivity contribution in [3.05, 3.63) is 12.2 Å². The maximum Gasteiger partial charge on any atom is 0.311 e. The standard InChI is InChI=1S/C38H74N2O2/c1-4-5-6-7-8-9-10-11-12-13-16-19-22-25-28-31-34-40(38(42)37(39)41)35-32-29-26-23-20-17-14-15-18-21-24-27-30-33-36(2)3/h11-12,36H,4-10,13-35H2,1-3H3,(H2,39,41)/b12-11-. The number of primary amides is 1. The van der Waals surface area contributed by atoms with E-state index in [2.05, 4.69) is 32.9 Å². The highest BCUT2D eigenvalue weighted by Gasteiger charge is 2.17. The van der Waals surface area contributed by atoms with Crippen molar-refractivity contribution in [3.8, 4) is 0 Å².